The van der Waals surface area contributed by atoms with Crippen LogP contribution in [0.5, 0.6) is 0 Å². The third-order valence-corrected chi connectivity index (χ3v) is 2.24. The smallest absolute Gasteiger partial charge is 0.0930 e. The summed E-state index contributed by atoms with van der Waals surface area (Å²) in [7, 11) is 0. The van der Waals surface area contributed by atoms with E-state index < -0.39 is 0 Å². The summed E-state index contributed by atoms with van der Waals surface area (Å²) in [6, 6.07) is 4.21. The van der Waals surface area contributed by atoms with E-state index in [1.54, 1.807) is 0 Å². The van der Waals surface area contributed by atoms with Crippen LogP contribution in [0.3, 0.4) is 0 Å². The molecule has 66 valence electrons. The Balaban J connectivity index is 3.04. The van der Waals surface area contributed by atoms with E-state index in [-0.39, 0.29) is 0 Å². The molecule has 12 heavy (non-hydrogen) atoms. The van der Waals surface area contributed by atoms with Crippen molar-refractivity contribution in [1.29, 1.82) is 0 Å². The molecule has 2 nitrogen and oxygen atoms in total. The molecule has 2 heteroatoms. The van der Waals surface area contributed by atoms with Gasteiger partial charge in [-0.15, -0.1) is 0 Å². The van der Waals surface area contributed by atoms with Crippen LogP contribution in [0, 0.1) is 20.8 Å². The standard InChI is InChI=1S/C10H15NO/c1-7-4-10(6-12-11)5-8(2)9(7)3/h4-5H,6,11H2,1-3H3. The second-order valence-corrected chi connectivity index (χ2v) is 3.17. The fourth-order valence-corrected chi connectivity index (χ4v) is 1.30. The molecule has 0 spiro atoms. The van der Waals surface area contributed by atoms with E-state index in [9.17, 15) is 0 Å². The van der Waals surface area contributed by atoms with E-state index in [1.807, 2.05) is 0 Å². The largest absolute Gasteiger partial charge is 0.300 e. The van der Waals surface area contributed by atoms with E-state index >= 15 is 0 Å². The number of nitrogens with two attached hydrogens (primary N) is 1. The Kier molecular flexibility index (Phi) is 2.84. The number of hydrogen-bond acceptors (Lipinski definition) is 2. The molecule has 0 aliphatic carbocycles. The summed E-state index contributed by atoms with van der Waals surface area (Å²) in [4.78, 5) is 4.58. The van der Waals surface area contributed by atoms with E-state index in [4.69, 9.17) is 5.90 Å². The molecule has 0 saturated carbocycles. The van der Waals surface area contributed by atoms with Crippen LogP contribution in [-0.2, 0) is 11.4 Å². The van der Waals surface area contributed by atoms with Crippen molar-refractivity contribution in [2.75, 3.05) is 0 Å². The molecule has 1 aromatic carbocycles. The summed E-state index contributed by atoms with van der Waals surface area (Å²) in [6.07, 6.45) is 0. The molecule has 0 saturated heterocycles. The zero-order chi connectivity index (χ0) is 9.14. The Morgan fingerprint density at radius 1 is 1.17 bits per heavy atom. The average molecular weight is 165 g/mol. The van der Waals surface area contributed by atoms with Crippen molar-refractivity contribution in [1.82, 2.24) is 0 Å². The molecule has 0 aliphatic heterocycles. The molecule has 1 rings (SSSR count). The minimum Gasteiger partial charge on any atom is -0.300 e. The van der Waals surface area contributed by atoms with Gasteiger partial charge in [0, 0.05) is 0 Å². The predicted molar refractivity (Wildman–Crippen MR) is 49.6 cm³/mol. The number of aryl methyl sites for hydroxylation is 2. The van der Waals surface area contributed by atoms with Gasteiger partial charge in [0.25, 0.3) is 0 Å². The molecule has 0 amide bonds. The fraction of sp³-hybridized carbons (Fsp3) is 0.400. The quantitative estimate of drug-likeness (QED) is 0.680. The lowest BCUT2D eigenvalue weighted by molar-refractivity contribution is 0.124. The Morgan fingerprint density at radius 2 is 1.67 bits per heavy atom. The highest BCUT2D eigenvalue weighted by Crippen LogP contribution is 2.15. The summed E-state index contributed by atoms with van der Waals surface area (Å²) in [5.74, 6) is 5.00. The Labute approximate surface area is 73.3 Å². The maximum atomic E-state index is 5.00. The van der Waals surface area contributed by atoms with Crippen molar-refractivity contribution in [3.05, 3.63) is 34.4 Å². The lowest BCUT2D eigenvalue weighted by atomic mass is 10.0. The summed E-state index contributed by atoms with van der Waals surface area (Å²) in [6.45, 7) is 6.81. The Hall–Kier alpha value is -0.860. The number of benzene rings is 1. The molecule has 0 bridgehead atoms. The molecule has 1 aromatic rings. The van der Waals surface area contributed by atoms with Gasteiger partial charge in [-0.1, -0.05) is 12.1 Å². The third-order valence-electron chi connectivity index (χ3n) is 2.24. The lowest BCUT2D eigenvalue weighted by Gasteiger charge is -2.07. The van der Waals surface area contributed by atoms with Crippen molar-refractivity contribution in [2.45, 2.75) is 27.4 Å². The van der Waals surface area contributed by atoms with Crippen LogP contribution in [-0.4, -0.2) is 0 Å². The fourth-order valence-electron chi connectivity index (χ4n) is 1.30. The van der Waals surface area contributed by atoms with Gasteiger partial charge in [-0.2, -0.15) is 0 Å². The molecule has 0 atom stereocenters. The zero-order valence-corrected chi connectivity index (χ0v) is 7.85. The van der Waals surface area contributed by atoms with Gasteiger partial charge in [-0.05, 0) is 43.0 Å². The lowest BCUT2D eigenvalue weighted by Crippen LogP contribution is -2.00. The Morgan fingerprint density at radius 3 is 2.08 bits per heavy atom. The van der Waals surface area contributed by atoms with Gasteiger partial charge in [0.1, 0.15) is 0 Å². The maximum absolute atomic E-state index is 5.00. The molecule has 0 fully saturated rings. The highest BCUT2D eigenvalue weighted by molar-refractivity contribution is 5.36. The molecule has 0 aliphatic rings. The maximum Gasteiger partial charge on any atom is 0.0930 e. The second kappa shape index (κ2) is 3.70. The number of hydrogen-bond donors (Lipinski definition) is 1. The van der Waals surface area contributed by atoms with Crippen molar-refractivity contribution in [2.24, 2.45) is 5.90 Å². The first-order valence-corrected chi connectivity index (χ1v) is 4.03. The van der Waals surface area contributed by atoms with Gasteiger partial charge in [0.15, 0.2) is 0 Å². The van der Waals surface area contributed by atoms with Gasteiger partial charge in [-0.3, -0.25) is 4.84 Å². The summed E-state index contributed by atoms with van der Waals surface area (Å²) >= 11 is 0. The SMILES string of the molecule is Cc1cc(CON)cc(C)c1C. The van der Waals surface area contributed by atoms with E-state index in [1.165, 1.54) is 16.7 Å². The van der Waals surface area contributed by atoms with Gasteiger partial charge in [0.2, 0.25) is 0 Å². The molecule has 0 radical (unpaired) electrons. The van der Waals surface area contributed by atoms with Crippen molar-refractivity contribution >= 4 is 0 Å². The molecular weight excluding hydrogens is 150 g/mol. The first kappa shape index (κ1) is 9.23. The molecular formula is C10H15NO. The van der Waals surface area contributed by atoms with Crippen molar-refractivity contribution < 1.29 is 4.84 Å². The highest BCUT2D eigenvalue weighted by atomic mass is 16.6. The topological polar surface area (TPSA) is 35.2 Å². The first-order chi connectivity index (χ1) is 5.65. The van der Waals surface area contributed by atoms with Crippen LogP contribution < -0.4 is 5.90 Å². The molecule has 0 aromatic heterocycles. The molecule has 2 N–H and O–H groups in total. The molecule has 0 unspecified atom stereocenters. The molecule has 0 heterocycles. The van der Waals surface area contributed by atoms with Crippen LogP contribution >= 0.6 is 0 Å². The van der Waals surface area contributed by atoms with Gasteiger partial charge >= 0.3 is 0 Å². The van der Waals surface area contributed by atoms with Crippen LogP contribution in [0.2, 0.25) is 0 Å². The monoisotopic (exact) mass is 165 g/mol. The van der Waals surface area contributed by atoms with E-state index in [0.717, 1.165) is 5.56 Å². The van der Waals surface area contributed by atoms with Gasteiger partial charge in [0.05, 0.1) is 6.61 Å². The van der Waals surface area contributed by atoms with Crippen LogP contribution in [0.1, 0.15) is 22.3 Å². The number of rotatable bonds is 2. The van der Waals surface area contributed by atoms with Gasteiger partial charge in [-0.25, -0.2) is 5.90 Å². The van der Waals surface area contributed by atoms with Crippen LogP contribution in [0.25, 0.3) is 0 Å². The highest BCUT2D eigenvalue weighted by Gasteiger charge is 1.99. The predicted octanol–water partition coefficient (Wildman–Crippen LogP) is 2.00. The van der Waals surface area contributed by atoms with Crippen LogP contribution in [0.4, 0.5) is 0 Å². The minimum absolute atomic E-state index is 0.488. The summed E-state index contributed by atoms with van der Waals surface area (Å²) in [5.41, 5.74) is 5.07. The first-order valence-electron chi connectivity index (χ1n) is 4.03. The van der Waals surface area contributed by atoms with Crippen molar-refractivity contribution in [3.63, 3.8) is 0 Å². The zero-order valence-electron chi connectivity index (χ0n) is 7.85. The van der Waals surface area contributed by atoms with E-state index in [0.29, 0.717) is 6.61 Å². The minimum atomic E-state index is 0.488. The normalized spacial score (nSPS) is 10.3. The second-order valence-electron chi connectivity index (χ2n) is 3.17. The third kappa shape index (κ3) is 1.84. The average Bonchev–Trinajstić information content (AvgIpc) is 2.01. The van der Waals surface area contributed by atoms with Crippen molar-refractivity contribution in [3.8, 4) is 0 Å². The Bertz CT molecular complexity index is 258. The summed E-state index contributed by atoms with van der Waals surface area (Å²) < 4.78 is 0. The van der Waals surface area contributed by atoms with Crippen LogP contribution in [0.15, 0.2) is 12.1 Å². The van der Waals surface area contributed by atoms with Gasteiger partial charge < -0.3 is 0 Å². The van der Waals surface area contributed by atoms with E-state index in [2.05, 4.69) is 37.7 Å². The summed E-state index contributed by atoms with van der Waals surface area (Å²) in [5, 5.41) is 0.